The van der Waals surface area contributed by atoms with Crippen LogP contribution >= 0.6 is 0 Å². The van der Waals surface area contributed by atoms with E-state index in [1.54, 1.807) is 16.6 Å². The van der Waals surface area contributed by atoms with Crippen molar-refractivity contribution in [1.29, 1.82) is 0 Å². The van der Waals surface area contributed by atoms with Gasteiger partial charge >= 0.3 is 6.18 Å². The molecule has 24 heavy (non-hydrogen) atoms. The number of alkyl halides is 3. The van der Waals surface area contributed by atoms with Crippen LogP contribution in [0.4, 0.5) is 19.0 Å². The lowest BCUT2D eigenvalue weighted by molar-refractivity contribution is -0.140. The van der Waals surface area contributed by atoms with Crippen LogP contribution in [0.25, 0.3) is 5.65 Å². The highest BCUT2D eigenvalue weighted by atomic mass is 19.4. The Morgan fingerprint density at radius 3 is 2.54 bits per heavy atom. The van der Waals surface area contributed by atoms with Gasteiger partial charge in [0.05, 0.1) is 12.7 Å². The van der Waals surface area contributed by atoms with Crippen molar-refractivity contribution < 1.29 is 13.2 Å². The average molecular weight is 339 g/mol. The quantitative estimate of drug-likeness (QED) is 0.766. The standard InChI is InChI=1S/C14H16F3N7/c1-13(2,3)12-22-21-11-5-4-9(23-24(11)12)19-7-10-18-6-8(20-10)14(15,16)17/h4-6H,7H2,1-3H3,(H,18,20)(H,19,23). The molecular formula is C14H16F3N7. The first-order valence-corrected chi connectivity index (χ1v) is 7.22. The summed E-state index contributed by atoms with van der Waals surface area (Å²) in [7, 11) is 0. The van der Waals surface area contributed by atoms with Crippen molar-refractivity contribution >= 4 is 11.5 Å². The number of fused-ring (bicyclic) bond motifs is 1. The van der Waals surface area contributed by atoms with E-state index in [2.05, 4.69) is 30.6 Å². The molecule has 0 saturated carbocycles. The second kappa shape index (κ2) is 5.46. The summed E-state index contributed by atoms with van der Waals surface area (Å²) in [6.07, 6.45) is -3.67. The van der Waals surface area contributed by atoms with Crippen LogP contribution in [-0.4, -0.2) is 29.8 Å². The number of anilines is 1. The summed E-state index contributed by atoms with van der Waals surface area (Å²) in [4.78, 5) is 5.94. The highest BCUT2D eigenvalue weighted by Gasteiger charge is 2.32. The molecule has 0 aliphatic carbocycles. The number of halogens is 3. The molecule has 0 fully saturated rings. The van der Waals surface area contributed by atoms with E-state index < -0.39 is 11.9 Å². The molecule has 3 rings (SSSR count). The highest BCUT2D eigenvalue weighted by molar-refractivity contribution is 5.44. The third-order valence-electron chi connectivity index (χ3n) is 3.30. The summed E-state index contributed by atoms with van der Waals surface area (Å²) in [5.41, 5.74) is -0.521. The van der Waals surface area contributed by atoms with Gasteiger partial charge in [-0.15, -0.1) is 15.3 Å². The second-order valence-electron chi connectivity index (χ2n) is 6.36. The smallest absolute Gasteiger partial charge is 0.361 e. The molecular weight excluding hydrogens is 323 g/mol. The van der Waals surface area contributed by atoms with Crippen molar-refractivity contribution in [3.8, 4) is 0 Å². The van der Waals surface area contributed by atoms with E-state index in [4.69, 9.17) is 0 Å². The van der Waals surface area contributed by atoms with E-state index in [1.165, 1.54) is 0 Å². The van der Waals surface area contributed by atoms with Crippen LogP contribution in [0.2, 0.25) is 0 Å². The average Bonchev–Trinajstić information content (AvgIpc) is 3.10. The summed E-state index contributed by atoms with van der Waals surface area (Å²) >= 11 is 0. The van der Waals surface area contributed by atoms with Crippen LogP contribution in [0, 0.1) is 0 Å². The fourth-order valence-electron chi connectivity index (χ4n) is 2.12. The number of rotatable bonds is 3. The van der Waals surface area contributed by atoms with Crippen molar-refractivity contribution in [3.05, 3.63) is 35.7 Å². The zero-order valence-electron chi connectivity index (χ0n) is 13.3. The highest BCUT2D eigenvalue weighted by Crippen LogP contribution is 2.27. The molecule has 0 aromatic carbocycles. The van der Waals surface area contributed by atoms with Crippen LogP contribution < -0.4 is 5.32 Å². The number of H-pyrrole nitrogens is 1. The van der Waals surface area contributed by atoms with Gasteiger partial charge in [-0.3, -0.25) is 0 Å². The van der Waals surface area contributed by atoms with Gasteiger partial charge in [0.2, 0.25) is 0 Å². The molecule has 0 amide bonds. The molecule has 3 aromatic rings. The van der Waals surface area contributed by atoms with Crippen molar-refractivity contribution in [3.63, 3.8) is 0 Å². The Balaban J connectivity index is 1.79. The Kier molecular flexibility index (Phi) is 3.69. The lowest BCUT2D eigenvalue weighted by Crippen LogP contribution is -2.17. The molecule has 3 heterocycles. The van der Waals surface area contributed by atoms with Crippen molar-refractivity contribution in [2.75, 3.05) is 5.32 Å². The lowest BCUT2D eigenvalue weighted by atomic mass is 9.96. The molecule has 7 nitrogen and oxygen atoms in total. The van der Waals surface area contributed by atoms with Crippen molar-refractivity contribution in [2.45, 2.75) is 38.9 Å². The van der Waals surface area contributed by atoms with Gasteiger partial charge in [-0.1, -0.05) is 20.8 Å². The molecule has 0 atom stereocenters. The van der Waals surface area contributed by atoms with Gasteiger partial charge < -0.3 is 10.3 Å². The van der Waals surface area contributed by atoms with Gasteiger partial charge in [0.15, 0.2) is 11.5 Å². The largest absolute Gasteiger partial charge is 0.432 e. The van der Waals surface area contributed by atoms with E-state index in [0.717, 1.165) is 6.20 Å². The Bertz CT molecular complexity index is 857. The Morgan fingerprint density at radius 2 is 1.92 bits per heavy atom. The third kappa shape index (κ3) is 3.17. The number of aromatic amines is 1. The first-order valence-electron chi connectivity index (χ1n) is 7.22. The third-order valence-corrected chi connectivity index (χ3v) is 3.30. The fourth-order valence-corrected chi connectivity index (χ4v) is 2.12. The molecule has 0 radical (unpaired) electrons. The SMILES string of the molecule is CC(C)(C)c1nnc2ccc(NCc3ncc(C(F)(F)F)[nH]3)nn12. The van der Waals surface area contributed by atoms with E-state index in [9.17, 15) is 13.2 Å². The summed E-state index contributed by atoms with van der Waals surface area (Å²) in [5.74, 6) is 1.35. The monoisotopic (exact) mass is 339 g/mol. The number of nitrogens with zero attached hydrogens (tertiary/aromatic N) is 5. The number of imidazole rings is 1. The summed E-state index contributed by atoms with van der Waals surface area (Å²) in [5, 5.41) is 15.5. The molecule has 2 N–H and O–H groups in total. The summed E-state index contributed by atoms with van der Waals surface area (Å²) in [6.45, 7) is 6.06. The minimum absolute atomic E-state index is 0.0849. The minimum Gasteiger partial charge on any atom is -0.361 e. The maximum atomic E-state index is 12.5. The van der Waals surface area contributed by atoms with Crippen LogP contribution in [-0.2, 0) is 18.1 Å². The molecule has 0 saturated heterocycles. The Labute approximate surface area is 135 Å². The lowest BCUT2D eigenvalue weighted by Gasteiger charge is -2.15. The van der Waals surface area contributed by atoms with E-state index in [-0.39, 0.29) is 17.8 Å². The number of aromatic nitrogens is 6. The van der Waals surface area contributed by atoms with E-state index in [1.807, 2.05) is 20.8 Å². The maximum Gasteiger partial charge on any atom is 0.432 e. The van der Waals surface area contributed by atoms with Gasteiger partial charge in [-0.2, -0.15) is 17.7 Å². The molecule has 0 spiro atoms. The van der Waals surface area contributed by atoms with Gasteiger partial charge in [0.1, 0.15) is 17.3 Å². The van der Waals surface area contributed by atoms with Gasteiger partial charge in [-0.25, -0.2) is 4.98 Å². The molecule has 0 unspecified atom stereocenters. The van der Waals surface area contributed by atoms with Crippen molar-refractivity contribution in [2.24, 2.45) is 0 Å². The minimum atomic E-state index is -4.44. The predicted molar refractivity (Wildman–Crippen MR) is 80.4 cm³/mol. The topological polar surface area (TPSA) is 83.8 Å². The predicted octanol–water partition coefficient (Wildman–Crippen LogP) is 2.78. The number of hydrogen-bond acceptors (Lipinski definition) is 5. The van der Waals surface area contributed by atoms with E-state index in [0.29, 0.717) is 17.3 Å². The Morgan fingerprint density at radius 1 is 1.17 bits per heavy atom. The van der Waals surface area contributed by atoms with Crippen LogP contribution in [0.5, 0.6) is 0 Å². The molecule has 0 aliphatic rings. The van der Waals surface area contributed by atoms with Crippen molar-refractivity contribution in [1.82, 2.24) is 29.8 Å². The summed E-state index contributed by atoms with van der Waals surface area (Å²) in [6, 6.07) is 3.42. The zero-order chi connectivity index (χ0) is 17.5. The van der Waals surface area contributed by atoms with Crippen LogP contribution in [0.15, 0.2) is 18.3 Å². The van der Waals surface area contributed by atoms with Gasteiger partial charge in [0.25, 0.3) is 0 Å². The van der Waals surface area contributed by atoms with Gasteiger partial charge in [0, 0.05) is 5.41 Å². The molecule has 0 aliphatic heterocycles. The Hall–Kier alpha value is -2.65. The second-order valence-corrected chi connectivity index (χ2v) is 6.36. The number of hydrogen-bond donors (Lipinski definition) is 2. The molecule has 0 bridgehead atoms. The molecule has 128 valence electrons. The van der Waals surface area contributed by atoms with Crippen LogP contribution in [0.1, 0.15) is 38.1 Å². The normalized spacial score (nSPS) is 12.8. The zero-order valence-corrected chi connectivity index (χ0v) is 13.3. The molecule has 3 aromatic heterocycles. The summed E-state index contributed by atoms with van der Waals surface area (Å²) < 4.78 is 39.2. The maximum absolute atomic E-state index is 12.5. The number of nitrogens with one attached hydrogen (secondary N) is 2. The van der Waals surface area contributed by atoms with Crippen LogP contribution in [0.3, 0.4) is 0 Å². The first kappa shape index (κ1) is 16.2. The van der Waals surface area contributed by atoms with E-state index >= 15 is 0 Å². The first-order chi connectivity index (χ1) is 11.1. The van der Waals surface area contributed by atoms with Gasteiger partial charge in [-0.05, 0) is 12.1 Å². The fraction of sp³-hybridized carbons (Fsp3) is 0.429. The molecule has 10 heteroatoms.